The smallest absolute Gasteiger partial charge is 0.256 e. The van der Waals surface area contributed by atoms with Crippen LogP contribution in [0.15, 0.2) is 83.8 Å². The summed E-state index contributed by atoms with van der Waals surface area (Å²) in [5.41, 5.74) is 3.58. The third-order valence-electron chi connectivity index (χ3n) is 5.80. The number of para-hydroxylation sites is 1. The van der Waals surface area contributed by atoms with Gasteiger partial charge in [-0.3, -0.25) is 9.89 Å². The number of H-pyrrole nitrogens is 1. The molecule has 0 radical (unpaired) electrons. The Bertz CT molecular complexity index is 1450. The van der Waals surface area contributed by atoms with E-state index in [1.807, 2.05) is 24.3 Å². The number of halogens is 1. The highest BCUT2D eigenvalue weighted by Gasteiger charge is 2.30. The third-order valence-corrected chi connectivity index (χ3v) is 7.84. The number of sulfone groups is 1. The number of aryl methyl sites for hydroxylation is 1. The predicted molar refractivity (Wildman–Crippen MR) is 128 cm³/mol. The fourth-order valence-corrected chi connectivity index (χ4v) is 5.51. The van der Waals surface area contributed by atoms with Gasteiger partial charge in [0.15, 0.2) is 15.7 Å². The number of carbonyl (C=O) groups excluding carboxylic acids is 1. The Labute approximate surface area is 196 Å². The normalized spacial score (nSPS) is 15.3. The van der Waals surface area contributed by atoms with Crippen molar-refractivity contribution in [1.29, 1.82) is 0 Å². The van der Waals surface area contributed by atoms with E-state index in [0.29, 0.717) is 29.9 Å². The molecule has 0 bridgehead atoms. The minimum atomic E-state index is -3.62. The van der Waals surface area contributed by atoms with Gasteiger partial charge in [-0.2, -0.15) is 5.10 Å². The average Bonchev–Trinajstić information content (AvgIpc) is 3.32. The molecule has 9 heteroatoms. The van der Waals surface area contributed by atoms with Gasteiger partial charge >= 0.3 is 0 Å². The number of nitrogens with one attached hydrogen (secondary N) is 3. The molecule has 1 atom stereocenters. The number of aromatic nitrogens is 2. The van der Waals surface area contributed by atoms with Gasteiger partial charge in [0.2, 0.25) is 0 Å². The van der Waals surface area contributed by atoms with Gasteiger partial charge in [-0.15, -0.1) is 0 Å². The standard InChI is InChI=1S/C25H21FN4O3S/c26-19-10-5-17(6-11-19)22-15-23(30-29-22)28-25(31)18-7-12-20(13-8-18)34(32,33)24-14-9-16-3-1-2-4-21(16)27-24/h1-8,10-13,15,24,27H,9,14H2,(H2,28,29,30,31). The van der Waals surface area contributed by atoms with Crippen LogP contribution >= 0.6 is 0 Å². The van der Waals surface area contributed by atoms with Crippen molar-refractivity contribution in [2.24, 2.45) is 0 Å². The largest absolute Gasteiger partial charge is 0.369 e. The van der Waals surface area contributed by atoms with E-state index in [9.17, 15) is 17.6 Å². The molecule has 34 heavy (non-hydrogen) atoms. The lowest BCUT2D eigenvalue weighted by atomic mass is 10.0. The summed E-state index contributed by atoms with van der Waals surface area (Å²) < 4.78 is 39.4. The number of hydrogen-bond donors (Lipinski definition) is 3. The van der Waals surface area contributed by atoms with Crippen molar-refractivity contribution in [3.8, 4) is 11.3 Å². The van der Waals surface area contributed by atoms with Gasteiger partial charge in [0.05, 0.1) is 10.6 Å². The third kappa shape index (κ3) is 4.29. The zero-order chi connectivity index (χ0) is 23.7. The molecule has 0 fully saturated rings. The highest BCUT2D eigenvalue weighted by molar-refractivity contribution is 7.92. The van der Waals surface area contributed by atoms with Crippen molar-refractivity contribution in [3.05, 3.63) is 95.8 Å². The Hall–Kier alpha value is -3.98. The van der Waals surface area contributed by atoms with Crippen molar-refractivity contribution in [1.82, 2.24) is 10.2 Å². The molecule has 0 saturated heterocycles. The SMILES string of the molecule is O=C(Nc1cc(-c2ccc(F)cc2)[nH]n1)c1ccc(S(=O)(=O)C2CCc3ccccc3N2)cc1. The summed E-state index contributed by atoms with van der Waals surface area (Å²) in [6.45, 7) is 0. The molecule has 1 aliphatic rings. The molecule has 2 heterocycles. The van der Waals surface area contributed by atoms with Gasteiger partial charge in [-0.25, -0.2) is 12.8 Å². The number of aromatic amines is 1. The number of nitrogens with zero attached hydrogens (tertiary/aromatic N) is 1. The summed E-state index contributed by atoms with van der Waals surface area (Å²) >= 11 is 0. The Kier molecular flexibility index (Phi) is 5.62. The maximum Gasteiger partial charge on any atom is 0.256 e. The van der Waals surface area contributed by atoms with Crippen molar-refractivity contribution in [3.63, 3.8) is 0 Å². The molecule has 3 N–H and O–H groups in total. The van der Waals surface area contributed by atoms with Crippen molar-refractivity contribution >= 4 is 27.2 Å². The summed E-state index contributed by atoms with van der Waals surface area (Å²) in [5, 5.41) is 11.9. The van der Waals surface area contributed by atoms with Crippen LogP contribution in [0.4, 0.5) is 15.9 Å². The molecule has 5 rings (SSSR count). The molecular weight excluding hydrogens is 455 g/mol. The second-order valence-electron chi connectivity index (χ2n) is 8.03. The number of anilines is 2. The molecule has 0 spiro atoms. The van der Waals surface area contributed by atoms with Crippen molar-refractivity contribution < 1.29 is 17.6 Å². The Balaban J connectivity index is 1.28. The highest BCUT2D eigenvalue weighted by Crippen LogP contribution is 2.29. The summed E-state index contributed by atoms with van der Waals surface area (Å²) in [5.74, 6) is -0.469. The molecule has 1 unspecified atom stereocenters. The summed E-state index contributed by atoms with van der Waals surface area (Å²) in [6, 6.07) is 21.0. The molecule has 4 aromatic rings. The van der Waals surface area contributed by atoms with Gasteiger partial charge in [0, 0.05) is 17.3 Å². The van der Waals surface area contributed by atoms with Gasteiger partial charge in [-0.05, 0) is 78.6 Å². The van der Waals surface area contributed by atoms with E-state index in [0.717, 1.165) is 16.8 Å². The predicted octanol–water partition coefficient (Wildman–Crippen LogP) is 4.63. The number of rotatable bonds is 5. The molecule has 1 amide bonds. The van der Waals surface area contributed by atoms with Crippen LogP contribution in [0.1, 0.15) is 22.3 Å². The second kappa shape index (κ2) is 8.75. The molecular formula is C25H21FN4O3S. The van der Waals surface area contributed by atoms with Gasteiger partial charge in [-0.1, -0.05) is 18.2 Å². The first-order chi connectivity index (χ1) is 16.4. The number of amides is 1. The van der Waals surface area contributed by atoms with E-state index in [1.54, 1.807) is 18.2 Å². The number of carbonyl (C=O) groups is 1. The van der Waals surface area contributed by atoms with Crippen LogP contribution in [-0.4, -0.2) is 29.9 Å². The topological polar surface area (TPSA) is 104 Å². The Morgan fingerprint density at radius 2 is 1.74 bits per heavy atom. The maximum atomic E-state index is 13.1. The number of hydrogen-bond acceptors (Lipinski definition) is 5. The van der Waals surface area contributed by atoms with Crippen molar-refractivity contribution in [2.45, 2.75) is 23.1 Å². The molecule has 3 aromatic carbocycles. The Morgan fingerprint density at radius 3 is 2.50 bits per heavy atom. The molecule has 7 nitrogen and oxygen atoms in total. The lowest BCUT2D eigenvalue weighted by molar-refractivity contribution is 0.102. The second-order valence-corrected chi connectivity index (χ2v) is 10.2. The summed E-state index contributed by atoms with van der Waals surface area (Å²) in [7, 11) is -3.62. The van der Waals surface area contributed by atoms with Gasteiger partial charge in [0.1, 0.15) is 11.2 Å². The zero-order valence-corrected chi connectivity index (χ0v) is 18.8. The average molecular weight is 477 g/mol. The lowest BCUT2D eigenvalue weighted by Gasteiger charge is -2.26. The first-order valence-electron chi connectivity index (χ1n) is 10.7. The van der Waals surface area contributed by atoms with Crippen LogP contribution in [0.25, 0.3) is 11.3 Å². The van der Waals surface area contributed by atoms with Crippen LogP contribution in [0, 0.1) is 5.82 Å². The van der Waals surface area contributed by atoms with E-state index in [-0.39, 0.29) is 10.7 Å². The minimum absolute atomic E-state index is 0.152. The molecule has 1 aromatic heterocycles. The fourth-order valence-electron chi connectivity index (χ4n) is 3.96. The van der Waals surface area contributed by atoms with E-state index in [2.05, 4.69) is 20.8 Å². The van der Waals surface area contributed by atoms with E-state index in [1.165, 1.54) is 36.4 Å². The monoisotopic (exact) mass is 476 g/mol. The highest BCUT2D eigenvalue weighted by atomic mass is 32.2. The van der Waals surface area contributed by atoms with E-state index >= 15 is 0 Å². The van der Waals surface area contributed by atoms with Crippen LogP contribution in [0.2, 0.25) is 0 Å². The fraction of sp³-hybridized carbons (Fsp3) is 0.120. The Morgan fingerprint density at radius 1 is 1.00 bits per heavy atom. The number of benzene rings is 3. The maximum absolute atomic E-state index is 13.1. The van der Waals surface area contributed by atoms with Crippen LogP contribution in [-0.2, 0) is 16.3 Å². The summed E-state index contributed by atoms with van der Waals surface area (Å²) in [6.07, 6.45) is 1.15. The zero-order valence-electron chi connectivity index (χ0n) is 18.0. The van der Waals surface area contributed by atoms with Gasteiger partial charge in [0.25, 0.3) is 5.91 Å². The van der Waals surface area contributed by atoms with E-state index in [4.69, 9.17) is 0 Å². The number of fused-ring (bicyclic) bond motifs is 1. The first-order valence-corrected chi connectivity index (χ1v) is 12.3. The van der Waals surface area contributed by atoms with Gasteiger partial charge < -0.3 is 10.6 Å². The van der Waals surface area contributed by atoms with Crippen LogP contribution in [0.3, 0.4) is 0 Å². The quantitative estimate of drug-likeness (QED) is 0.390. The van der Waals surface area contributed by atoms with E-state index < -0.39 is 21.1 Å². The first kappa shape index (κ1) is 21.8. The van der Waals surface area contributed by atoms with Crippen molar-refractivity contribution in [2.75, 3.05) is 10.6 Å². The lowest BCUT2D eigenvalue weighted by Crippen LogP contribution is -2.33. The summed E-state index contributed by atoms with van der Waals surface area (Å²) in [4.78, 5) is 12.8. The molecule has 1 aliphatic heterocycles. The molecule has 0 saturated carbocycles. The molecule has 0 aliphatic carbocycles. The van der Waals surface area contributed by atoms with Crippen LogP contribution in [0.5, 0.6) is 0 Å². The van der Waals surface area contributed by atoms with Crippen LogP contribution < -0.4 is 10.6 Å². The minimum Gasteiger partial charge on any atom is -0.369 e. The molecule has 172 valence electrons.